The molecule has 0 amide bonds. The molecule has 0 saturated carbocycles. The summed E-state index contributed by atoms with van der Waals surface area (Å²) in [5.41, 5.74) is 0.804. The van der Waals surface area contributed by atoms with Gasteiger partial charge in [0.1, 0.15) is 11.6 Å². The van der Waals surface area contributed by atoms with E-state index in [2.05, 4.69) is 10.3 Å². The first-order chi connectivity index (χ1) is 10.2. The molecule has 3 aromatic rings. The number of halogens is 1. The lowest BCUT2D eigenvalue weighted by molar-refractivity contribution is 0.148. The molecule has 106 valence electrons. The van der Waals surface area contributed by atoms with Crippen molar-refractivity contribution >= 4 is 22.5 Å². The first kappa shape index (κ1) is 13.7. The largest absolute Gasteiger partial charge is 0.386 e. The van der Waals surface area contributed by atoms with Crippen LogP contribution < -0.4 is 5.56 Å². The van der Waals surface area contributed by atoms with Crippen molar-refractivity contribution in [2.45, 2.75) is 12.6 Å². The summed E-state index contributed by atoms with van der Waals surface area (Å²) in [4.78, 5) is 12.3. The summed E-state index contributed by atoms with van der Waals surface area (Å²) in [7, 11) is 0. The molecule has 5 nitrogen and oxygen atoms in total. The van der Waals surface area contributed by atoms with Crippen LogP contribution in [0.4, 0.5) is 0 Å². The summed E-state index contributed by atoms with van der Waals surface area (Å²) < 4.78 is 1.15. The number of aliphatic hydroxyl groups is 1. The van der Waals surface area contributed by atoms with Gasteiger partial charge in [0.05, 0.1) is 11.9 Å². The predicted molar refractivity (Wildman–Crippen MR) is 80.2 cm³/mol. The summed E-state index contributed by atoms with van der Waals surface area (Å²) in [5, 5.41) is 19.0. The zero-order valence-corrected chi connectivity index (χ0v) is 11.7. The molecule has 6 heteroatoms. The van der Waals surface area contributed by atoms with E-state index >= 15 is 0 Å². The third-order valence-corrected chi connectivity index (χ3v) is 3.58. The van der Waals surface area contributed by atoms with E-state index in [1.54, 1.807) is 48.5 Å². The molecule has 0 aliphatic heterocycles. The number of hydrogen-bond donors (Lipinski definition) is 1. The van der Waals surface area contributed by atoms with E-state index in [4.69, 9.17) is 11.6 Å². The number of aliphatic hydroxyl groups excluding tert-OH is 1. The van der Waals surface area contributed by atoms with E-state index in [0.717, 1.165) is 4.68 Å². The molecule has 0 aliphatic carbocycles. The van der Waals surface area contributed by atoms with Gasteiger partial charge in [-0.2, -0.15) is 0 Å². The van der Waals surface area contributed by atoms with Crippen molar-refractivity contribution in [1.82, 2.24) is 15.0 Å². The van der Waals surface area contributed by atoms with Gasteiger partial charge in [-0.3, -0.25) is 4.79 Å². The molecular weight excluding hydrogens is 290 g/mol. The van der Waals surface area contributed by atoms with E-state index < -0.39 is 6.10 Å². The Morgan fingerprint density at radius 3 is 2.67 bits per heavy atom. The number of rotatable bonds is 3. The van der Waals surface area contributed by atoms with Crippen LogP contribution in [0.3, 0.4) is 0 Å². The molecular formula is C15H12ClN3O2. The van der Waals surface area contributed by atoms with E-state index in [0.29, 0.717) is 21.5 Å². The Kier molecular flexibility index (Phi) is 3.68. The fourth-order valence-electron chi connectivity index (χ4n) is 2.15. The lowest BCUT2D eigenvalue weighted by atomic mass is 10.1. The molecule has 1 heterocycles. The molecule has 0 aliphatic rings. The number of hydrogen-bond acceptors (Lipinski definition) is 4. The van der Waals surface area contributed by atoms with Gasteiger partial charge in [-0.15, -0.1) is 5.10 Å². The first-order valence-corrected chi connectivity index (χ1v) is 6.79. The third kappa shape index (κ3) is 2.66. The second-order valence-corrected chi connectivity index (χ2v) is 5.04. The molecule has 0 unspecified atom stereocenters. The minimum Gasteiger partial charge on any atom is -0.386 e. The van der Waals surface area contributed by atoms with Crippen LogP contribution in [0.1, 0.15) is 11.7 Å². The molecule has 0 spiro atoms. The summed E-state index contributed by atoms with van der Waals surface area (Å²) in [6, 6.07) is 13.9. The fraction of sp³-hybridized carbons (Fsp3) is 0.133. The van der Waals surface area contributed by atoms with Gasteiger partial charge < -0.3 is 5.11 Å². The third-order valence-electron chi connectivity index (χ3n) is 3.24. The normalized spacial score (nSPS) is 12.5. The van der Waals surface area contributed by atoms with Crippen molar-refractivity contribution in [3.8, 4) is 0 Å². The maximum absolute atomic E-state index is 12.3. The van der Waals surface area contributed by atoms with E-state index in [1.807, 2.05) is 0 Å². The van der Waals surface area contributed by atoms with Crippen LogP contribution in [-0.4, -0.2) is 20.1 Å². The molecule has 21 heavy (non-hydrogen) atoms. The van der Waals surface area contributed by atoms with Crippen molar-refractivity contribution in [2.75, 3.05) is 0 Å². The molecule has 1 atom stereocenters. The smallest absolute Gasteiger partial charge is 0.277 e. The first-order valence-electron chi connectivity index (χ1n) is 6.42. The lowest BCUT2D eigenvalue weighted by Gasteiger charge is -2.13. The predicted octanol–water partition coefficient (Wildman–Crippen LogP) is 2.18. The fourth-order valence-corrected chi connectivity index (χ4v) is 2.41. The van der Waals surface area contributed by atoms with E-state index in [1.165, 1.54) is 0 Å². The lowest BCUT2D eigenvalue weighted by Crippen LogP contribution is -2.27. The molecule has 0 fully saturated rings. The highest BCUT2D eigenvalue weighted by molar-refractivity contribution is 6.31. The molecule has 3 rings (SSSR count). The van der Waals surface area contributed by atoms with Crippen molar-refractivity contribution in [2.24, 2.45) is 0 Å². The SMILES string of the molecule is O=c1c2ccccc2nnn1C[C@@H](O)c1ccccc1Cl. The van der Waals surface area contributed by atoms with Gasteiger partial charge >= 0.3 is 0 Å². The molecule has 2 aromatic carbocycles. The Hall–Kier alpha value is -2.24. The van der Waals surface area contributed by atoms with Gasteiger partial charge in [0, 0.05) is 10.6 Å². The number of nitrogens with zero attached hydrogens (tertiary/aromatic N) is 3. The summed E-state index contributed by atoms with van der Waals surface area (Å²) >= 11 is 6.04. The number of fused-ring (bicyclic) bond motifs is 1. The maximum Gasteiger partial charge on any atom is 0.277 e. The van der Waals surface area contributed by atoms with Crippen LogP contribution in [0.15, 0.2) is 53.3 Å². The van der Waals surface area contributed by atoms with Crippen LogP contribution in [0.25, 0.3) is 10.9 Å². The standard InChI is InChI=1S/C15H12ClN3O2/c16-12-7-3-1-5-10(12)14(20)9-19-15(21)11-6-2-4-8-13(11)17-18-19/h1-8,14,20H,9H2/t14-/m1/s1. The second kappa shape index (κ2) is 5.63. The molecule has 0 saturated heterocycles. The van der Waals surface area contributed by atoms with Gasteiger partial charge in [-0.05, 0) is 18.2 Å². The van der Waals surface area contributed by atoms with Crippen LogP contribution in [0.2, 0.25) is 5.02 Å². The van der Waals surface area contributed by atoms with Crippen molar-refractivity contribution < 1.29 is 5.11 Å². The van der Waals surface area contributed by atoms with Crippen LogP contribution in [0, 0.1) is 0 Å². The quantitative estimate of drug-likeness (QED) is 0.805. The Labute approximate surface area is 125 Å². The van der Waals surface area contributed by atoms with Crippen molar-refractivity contribution in [3.63, 3.8) is 0 Å². The van der Waals surface area contributed by atoms with Gasteiger partial charge in [-0.25, -0.2) is 4.68 Å². The summed E-state index contributed by atoms with van der Waals surface area (Å²) in [6.45, 7) is 0.000398. The Morgan fingerprint density at radius 2 is 1.86 bits per heavy atom. The van der Waals surface area contributed by atoms with Crippen LogP contribution in [0.5, 0.6) is 0 Å². The van der Waals surface area contributed by atoms with E-state index in [9.17, 15) is 9.90 Å². The number of aromatic nitrogens is 3. The highest BCUT2D eigenvalue weighted by Gasteiger charge is 2.14. The van der Waals surface area contributed by atoms with Gasteiger partial charge in [0.25, 0.3) is 5.56 Å². The highest BCUT2D eigenvalue weighted by Crippen LogP contribution is 2.23. The zero-order valence-electron chi connectivity index (χ0n) is 11.0. The summed E-state index contributed by atoms with van der Waals surface area (Å²) in [6.07, 6.45) is -0.924. The molecule has 0 radical (unpaired) electrons. The Balaban J connectivity index is 1.97. The molecule has 0 bridgehead atoms. The van der Waals surface area contributed by atoms with Crippen molar-refractivity contribution in [1.29, 1.82) is 0 Å². The van der Waals surface area contributed by atoms with Gasteiger partial charge in [-0.1, -0.05) is 47.1 Å². The second-order valence-electron chi connectivity index (χ2n) is 4.63. The Bertz CT molecular complexity index is 847. The Morgan fingerprint density at radius 1 is 1.14 bits per heavy atom. The van der Waals surface area contributed by atoms with Crippen LogP contribution >= 0.6 is 11.6 Å². The number of benzene rings is 2. The average Bonchev–Trinajstić information content (AvgIpc) is 2.51. The molecule has 1 N–H and O–H groups in total. The minimum absolute atomic E-state index is 0.000398. The maximum atomic E-state index is 12.3. The monoisotopic (exact) mass is 301 g/mol. The average molecular weight is 302 g/mol. The minimum atomic E-state index is -0.924. The highest BCUT2D eigenvalue weighted by atomic mass is 35.5. The zero-order chi connectivity index (χ0) is 14.8. The molecule has 1 aromatic heterocycles. The van der Waals surface area contributed by atoms with Crippen LogP contribution in [-0.2, 0) is 6.54 Å². The van der Waals surface area contributed by atoms with E-state index in [-0.39, 0.29) is 12.1 Å². The van der Waals surface area contributed by atoms with Gasteiger partial charge in [0.15, 0.2) is 0 Å². The van der Waals surface area contributed by atoms with Gasteiger partial charge in [0.2, 0.25) is 0 Å². The van der Waals surface area contributed by atoms with Crippen molar-refractivity contribution in [3.05, 3.63) is 69.5 Å². The topological polar surface area (TPSA) is 68.0 Å². The summed E-state index contributed by atoms with van der Waals surface area (Å²) in [5.74, 6) is 0.